The van der Waals surface area contributed by atoms with Crippen LogP contribution < -0.4 is 11.1 Å². The maximum Gasteiger partial charge on any atom is 0.268 e. The average molecular weight is 284 g/mol. The number of nitrogens with zero attached hydrogens (tertiary/aromatic N) is 1. The number of nitrogens with two attached hydrogens (primary N) is 1. The number of rotatable bonds is 3. The number of H-pyrrole nitrogens is 1. The smallest absolute Gasteiger partial charge is 0.268 e. The van der Waals surface area contributed by atoms with Gasteiger partial charge in [-0.25, -0.2) is 0 Å². The number of carbonyl (C=O) groups is 1. The van der Waals surface area contributed by atoms with Crippen molar-refractivity contribution >= 4 is 11.6 Å². The minimum atomic E-state index is -0.504. The summed E-state index contributed by atoms with van der Waals surface area (Å²) < 4.78 is 0. The first kappa shape index (κ1) is 26.1. The normalized spacial score (nSPS) is 7.42. The maximum atomic E-state index is 10.8. The van der Waals surface area contributed by atoms with Crippen LogP contribution in [0.25, 0.3) is 0 Å². The van der Waals surface area contributed by atoms with Crippen LogP contribution in [0.1, 0.15) is 70.2 Å². The van der Waals surface area contributed by atoms with Crippen LogP contribution in [0.15, 0.2) is 6.20 Å². The van der Waals surface area contributed by atoms with Gasteiger partial charge >= 0.3 is 0 Å². The minimum Gasteiger partial charge on any atom is -0.380 e. The molecule has 1 aromatic heterocycles. The predicted molar refractivity (Wildman–Crippen MR) is 88.8 cm³/mol. The zero-order valence-electron chi connectivity index (χ0n) is 13.5. The first-order chi connectivity index (χ1) is 8.61. The van der Waals surface area contributed by atoms with Crippen molar-refractivity contribution in [2.75, 3.05) is 5.32 Å². The van der Waals surface area contributed by atoms with Crippen molar-refractivity contribution in [3.8, 4) is 0 Å². The lowest BCUT2D eigenvalue weighted by Gasteiger charge is -2.07. The first-order valence-electron chi connectivity index (χ1n) is 6.71. The Morgan fingerprint density at radius 2 is 1.68 bits per heavy atom. The number of nitrogens with one attached hydrogen (secondary N) is 2. The van der Waals surface area contributed by atoms with Gasteiger partial charge in [0.15, 0.2) is 0 Å². The molecule has 1 aromatic rings. The Hall–Kier alpha value is -1.59. The highest BCUT2D eigenvalue weighted by Gasteiger charge is 2.10. The molecule has 0 aliphatic rings. The van der Waals surface area contributed by atoms with E-state index in [0.29, 0.717) is 11.4 Å². The fourth-order valence-corrected chi connectivity index (χ4v) is 0.894. The van der Waals surface area contributed by atoms with Crippen molar-refractivity contribution in [2.45, 2.75) is 61.4 Å². The molecule has 1 heterocycles. The van der Waals surface area contributed by atoms with E-state index in [9.17, 15) is 4.79 Å². The number of aromatic amines is 1. The quantitative estimate of drug-likeness (QED) is 0.773. The summed E-state index contributed by atoms with van der Waals surface area (Å²) in [6.45, 7) is 15.9. The summed E-state index contributed by atoms with van der Waals surface area (Å²) in [4.78, 5) is 10.8. The van der Waals surface area contributed by atoms with Crippen molar-refractivity contribution < 1.29 is 13.8 Å². The van der Waals surface area contributed by atoms with E-state index >= 15 is 0 Å². The third kappa shape index (κ3) is 12.7. The van der Waals surface area contributed by atoms with Gasteiger partial charge in [-0.1, -0.05) is 41.5 Å². The second kappa shape index (κ2) is 18.8. The summed E-state index contributed by atoms with van der Waals surface area (Å²) in [5.74, 6) is -0.504. The number of carbonyl (C=O) groups excluding carboxylic acids is 1. The van der Waals surface area contributed by atoms with Crippen LogP contribution in [-0.2, 0) is 0 Å². The largest absolute Gasteiger partial charge is 0.380 e. The number of amides is 1. The Morgan fingerprint density at radius 3 is 2.00 bits per heavy atom. The molecule has 0 saturated carbocycles. The van der Waals surface area contributed by atoms with E-state index in [1.165, 1.54) is 0 Å². The second-order valence-electron chi connectivity index (χ2n) is 2.82. The topological polar surface area (TPSA) is 83.8 Å². The molecule has 19 heavy (non-hydrogen) atoms. The van der Waals surface area contributed by atoms with Gasteiger partial charge in [-0.2, -0.15) is 5.10 Å². The fourth-order valence-electron chi connectivity index (χ4n) is 0.894. The van der Waals surface area contributed by atoms with Crippen LogP contribution in [0.5, 0.6) is 0 Å². The number of primary amides is 1. The molecule has 0 bridgehead atoms. The van der Waals surface area contributed by atoms with Gasteiger partial charge in [0.2, 0.25) is 0 Å². The molecule has 4 N–H and O–H groups in total. The van der Waals surface area contributed by atoms with E-state index in [2.05, 4.69) is 15.5 Å². The number of anilines is 1. The molecule has 122 valence electrons. The molecule has 0 aromatic carbocycles. The molecule has 1 rings (SSSR count). The highest BCUT2D eigenvalue weighted by atomic mass is 19.0. The summed E-state index contributed by atoms with van der Waals surface area (Å²) in [7, 11) is 0. The summed E-state index contributed by atoms with van der Waals surface area (Å²) in [6, 6.07) is 0.251. The van der Waals surface area contributed by atoms with Gasteiger partial charge in [0.1, 0.15) is 5.69 Å². The van der Waals surface area contributed by atoms with E-state index in [4.69, 9.17) is 5.73 Å². The number of halogens is 1. The monoisotopic (exact) mass is 284 g/mol. The molecule has 0 radical (unpaired) electrons. The van der Waals surface area contributed by atoms with Gasteiger partial charge < -0.3 is 11.1 Å². The molecule has 0 aliphatic heterocycles. The first-order valence-corrected chi connectivity index (χ1v) is 6.71. The Morgan fingerprint density at radius 1 is 1.26 bits per heavy atom. The lowest BCUT2D eigenvalue weighted by atomic mass is 10.3. The Balaban J connectivity index is -0.0000000405. The van der Waals surface area contributed by atoms with Crippen LogP contribution in [0.3, 0.4) is 0 Å². The van der Waals surface area contributed by atoms with Crippen molar-refractivity contribution in [1.82, 2.24) is 10.2 Å². The van der Waals surface area contributed by atoms with Crippen LogP contribution in [0.4, 0.5) is 10.4 Å². The maximum absolute atomic E-state index is 10.8. The molecular formula is C13H37FN4O. The van der Waals surface area contributed by atoms with Crippen molar-refractivity contribution in [3.05, 3.63) is 11.9 Å². The highest BCUT2D eigenvalue weighted by Crippen LogP contribution is 2.11. The van der Waals surface area contributed by atoms with Crippen molar-refractivity contribution in [3.63, 3.8) is 0 Å². The molecule has 0 spiro atoms. The van der Waals surface area contributed by atoms with E-state index in [-0.39, 0.29) is 15.0 Å². The van der Waals surface area contributed by atoms with Gasteiger partial charge in [0, 0.05) is 10.3 Å². The zero-order valence-corrected chi connectivity index (χ0v) is 13.5. The summed E-state index contributed by atoms with van der Waals surface area (Å²) >= 11 is 0. The van der Waals surface area contributed by atoms with Crippen molar-refractivity contribution in [2.24, 2.45) is 5.73 Å². The molecule has 0 fully saturated rings. The third-order valence-electron chi connectivity index (χ3n) is 1.33. The molecule has 5 nitrogen and oxygen atoms in total. The Bertz CT molecular complexity index is 301. The molecule has 0 aliphatic carbocycles. The van der Waals surface area contributed by atoms with Gasteiger partial charge in [0.25, 0.3) is 5.91 Å². The third-order valence-corrected chi connectivity index (χ3v) is 1.33. The van der Waals surface area contributed by atoms with Gasteiger partial charge in [0.05, 0.1) is 11.9 Å². The highest BCUT2D eigenvalue weighted by molar-refractivity contribution is 5.96. The van der Waals surface area contributed by atoms with E-state index in [1.807, 2.05) is 55.4 Å². The number of hydrogen-bond acceptors (Lipinski definition) is 3. The standard InChI is InChI=1S/C7H12N4O.3C2H6.FH.3H2/c1-4(2)10-5-3-9-11-6(5)7(8)12;3*1-2;;;;/h3-4,10H,1-2H3,(H2,8,12)(H,9,11);3*1-2H3;4*1H. The van der Waals surface area contributed by atoms with Crippen LogP contribution in [-0.4, -0.2) is 22.1 Å². The van der Waals surface area contributed by atoms with Crippen LogP contribution >= 0.6 is 0 Å². The average Bonchev–Trinajstić information content (AvgIpc) is 2.84. The molecule has 0 atom stereocenters. The second-order valence-corrected chi connectivity index (χ2v) is 2.82. The lowest BCUT2D eigenvalue weighted by Crippen LogP contribution is -2.17. The lowest BCUT2D eigenvalue weighted by molar-refractivity contribution is 0.0996. The number of aromatic nitrogens is 2. The predicted octanol–water partition coefficient (Wildman–Crippen LogP) is 4.30. The Kier molecular flexibility index (Phi) is 25.8. The number of hydrogen-bond donors (Lipinski definition) is 3. The van der Waals surface area contributed by atoms with Gasteiger partial charge in [-0.05, 0) is 13.8 Å². The van der Waals surface area contributed by atoms with Crippen LogP contribution in [0.2, 0.25) is 0 Å². The molecule has 6 heteroatoms. The molecule has 1 amide bonds. The van der Waals surface area contributed by atoms with Gasteiger partial charge in [-0.15, -0.1) is 0 Å². The van der Waals surface area contributed by atoms with E-state index in [1.54, 1.807) is 6.20 Å². The SMILES string of the molecule is CC.CC.CC.CC(C)Nc1cn[nH]c1C(N)=O.F.[HH].[HH].[HH]. The summed E-state index contributed by atoms with van der Waals surface area (Å²) in [6.07, 6.45) is 1.54. The fraction of sp³-hybridized carbons (Fsp3) is 0.692. The van der Waals surface area contributed by atoms with E-state index in [0.717, 1.165) is 0 Å². The zero-order chi connectivity index (χ0) is 15.1. The minimum absolute atomic E-state index is 0. The van der Waals surface area contributed by atoms with E-state index < -0.39 is 5.91 Å². The van der Waals surface area contributed by atoms with Crippen molar-refractivity contribution in [1.29, 1.82) is 0 Å². The van der Waals surface area contributed by atoms with Gasteiger partial charge in [-0.3, -0.25) is 14.6 Å². The Labute approximate surface area is 121 Å². The molecular weight excluding hydrogens is 247 g/mol. The van der Waals surface area contributed by atoms with Crippen LogP contribution in [0, 0.1) is 0 Å². The molecule has 0 unspecified atom stereocenters. The molecule has 0 saturated heterocycles. The summed E-state index contributed by atoms with van der Waals surface area (Å²) in [5, 5.41) is 9.27. The summed E-state index contributed by atoms with van der Waals surface area (Å²) in [5.41, 5.74) is 6.06.